The summed E-state index contributed by atoms with van der Waals surface area (Å²) in [5.41, 5.74) is 4.61. The number of aromatic nitrogens is 2. The van der Waals surface area contributed by atoms with E-state index in [0.717, 1.165) is 29.9 Å². The molecule has 0 aliphatic carbocycles. The van der Waals surface area contributed by atoms with Crippen LogP contribution >= 0.6 is 23.2 Å². The summed E-state index contributed by atoms with van der Waals surface area (Å²) < 4.78 is 1.91. The maximum Gasteiger partial charge on any atom is 0.222 e. The van der Waals surface area contributed by atoms with Crippen molar-refractivity contribution < 1.29 is 4.79 Å². The molecule has 128 valence electrons. The first kappa shape index (κ1) is 16.4. The number of imidazole rings is 1. The number of hydrogen-bond donors (Lipinski definition) is 0. The summed E-state index contributed by atoms with van der Waals surface area (Å²) in [5.74, 6) is 0.179. The molecule has 1 fully saturated rings. The van der Waals surface area contributed by atoms with Gasteiger partial charge in [0.15, 0.2) is 5.65 Å². The first-order chi connectivity index (χ1) is 12.0. The lowest BCUT2D eigenvalue weighted by Gasteiger charge is -2.16. The molecule has 1 amide bonds. The van der Waals surface area contributed by atoms with Crippen LogP contribution in [0.4, 0.5) is 0 Å². The highest BCUT2D eigenvalue weighted by molar-refractivity contribution is 6.36. The number of benzene rings is 1. The zero-order chi connectivity index (χ0) is 17.6. The molecule has 0 saturated carbocycles. The van der Waals surface area contributed by atoms with E-state index in [-0.39, 0.29) is 5.91 Å². The third-order valence-corrected chi connectivity index (χ3v) is 5.06. The van der Waals surface area contributed by atoms with Gasteiger partial charge >= 0.3 is 0 Å². The molecule has 4 rings (SSSR count). The molecule has 0 N–H and O–H groups in total. The van der Waals surface area contributed by atoms with Gasteiger partial charge in [-0.2, -0.15) is 0 Å². The van der Waals surface area contributed by atoms with E-state index in [1.807, 2.05) is 34.6 Å². The summed E-state index contributed by atoms with van der Waals surface area (Å²) in [5, 5.41) is 1.04. The lowest BCUT2D eigenvalue weighted by atomic mass is 10.1. The van der Waals surface area contributed by atoms with E-state index in [4.69, 9.17) is 28.2 Å². The number of nitrogens with zero attached hydrogens (tertiary/aromatic N) is 3. The van der Waals surface area contributed by atoms with Gasteiger partial charge in [-0.3, -0.25) is 9.20 Å². The predicted molar refractivity (Wildman–Crippen MR) is 100 cm³/mol. The van der Waals surface area contributed by atoms with E-state index < -0.39 is 0 Å². The van der Waals surface area contributed by atoms with Crippen molar-refractivity contribution in [3.63, 3.8) is 0 Å². The summed E-state index contributed by atoms with van der Waals surface area (Å²) in [6, 6.07) is 9.89. The second-order valence-electron chi connectivity index (χ2n) is 6.39. The SMILES string of the molecule is Cc1ccc(-c2nc3c(Cl)cc(Cl)cn3c2CN2CCCC2=O)cc1. The van der Waals surface area contributed by atoms with Gasteiger partial charge in [0, 0.05) is 24.7 Å². The van der Waals surface area contributed by atoms with Crippen molar-refractivity contribution in [2.45, 2.75) is 26.3 Å². The van der Waals surface area contributed by atoms with Gasteiger partial charge in [0.2, 0.25) is 5.91 Å². The Morgan fingerprint density at radius 1 is 1.20 bits per heavy atom. The molecule has 4 nitrogen and oxygen atoms in total. The fraction of sp³-hybridized carbons (Fsp3) is 0.263. The summed E-state index contributed by atoms with van der Waals surface area (Å²) >= 11 is 12.6. The number of rotatable bonds is 3. The summed E-state index contributed by atoms with van der Waals surface area (Å²) in [4.78, 5) is 18.7. The van der Waals surface area contributed by atoms with Crippen LogP contribution in [0.3, 0.4) is 0 Å². The molecule has 0 spiro atoms. The Morgan fingerprint density at radius 2 is 1.96 bits per heavy atom. The van der Waals surface area contributed by atoms with Crippen LogP contribution in [-0.4, -0.2) is 26.7 Å². The second-order valence-corrected chi connectivity index (χ2v) is 7.24. The standard InChI is InChI=1S/C19H17Cl2N3O/c1-12-4-6-13(7-5-12)18-16(11-23-8-2-3-17(23)25)24-10-14(20)9-15(21)19(24)22-18/h4-7,9-10H,2-3,8,11H2,1H3. The van der Waals surface area contributed by atoms with Crippen molar-refractivity contribution in [3.05, 3.63) is 57.8 Å². The van der Waals surface area contributed by atoms with Crippen molar-refractivity contribution in [1.29, 1.82) is 0 Å². The van der Waals surface area contributed by atoms with Crippen molar-refractivity contribution in [1.82, 2.24) is 14.3 Å². The molecule has 0 bridgehead atoms. The molecule has 6 heteroatoms. The highest BCUT2D eigenvalue weighted by atomic mass is 35.5. The number of carbonyl (C=O) groups excluding carboxylic acids is 1. The Labute approximate surface area is 156 Å². The molecule has 1 saturated heterocycles. The molecule has 1 aliphatic rings. The third kappa shape index (κ3) is 3.00. The normalized spacial score (nSPS) is 14.7. The number of amides is 1. The lowest BCUT2D eigenvalue weighted by Crippen LogP contribution is -2.24. The second kappa shape index (κ2) is 6.36. The summed E-state index contributed by atoms with van der Waals surface area (Å²) in [6.07, 6.45) is 3.32. The van der Waals surface area contributed by atoms with Crippen molar-refractivity contribution >= 4 is 34.8 Å². The fourth-order valence-corrected chi connectivity index (χ4v) is 3.78. The van der Waals surface area contributed by atoms with Crippen LogP contribution < -0.4 is 0 Å². The number of halogens is 2. The smallest absolute Gasteiger partial charge is 0.222 e. The van der Waals surface area contributed by atoms with Crippen LogP contribution in [0, 0.1) is 6.92 Å². The first-order valence-corrected chi connectivity index (χ1v) is 8.99. The number of aryl methyl sites for hydroxylation is 1. The number of fused-ring (bicyclic) bond motifs is 1. The third-order valence-electron chi connectivity index (χ3n) is 4.58. The van der Waals surface area contributed by atoms with Crippen LogP contribution in [0.15, 0.2) is 36.5 Å². The lowest BCUT2D eigenvalue weighted by molar-refractivity contribution is -0.128. The van der Waals surface area contributed by atoms with Gasteiger partial charge in [0.05, 0.1) is 28.0 Å². The van der Waals surface area contributed by atoms with E-state index in [9.17, 15) is 4.79 Å². The topological polar surface area (TPSA) is 37.6 Å². The maximum atomic E-state index is 12.1. The largest absolute Gasteiger partial charge is 0.337 e. The van der Waals surface area contributed by atoms with Gasteiger partial charge in [-0.05, 0) is 19.4 Å². The molecular weight excluding hydrogens is 357 g/mol. The van der Waals surface area contributed by atoms with Crippen LogP contribution in [0.1, 0.15) is 24.1 Å². The molecule has 1 aliphatic heterocycles. The minimum Gasteiger partial charge on any atom is -0.337 e. The number of hydrogen-bond acceptors (Lipinski definition) is 2. The van der Waals surface area contributed by atoms with Crippen molar-refractivity contribution in [2.24, 2.45) is 0 Å². The Balaban J connectivity index is 1.91. The van der Waals surface area contributed by atoms with E-state index >= 15 is 0 Å². The number of carbonyl (C=O) groups is 1. The fourth-order valence-electron chi connectivity index (χ4n) is 3.27. The average molecular weight is 374 g/mol. The Bertz CT molecular complexity index is 963. The van der Waals surface area contributed by atoms with E-state index in [1.165, 1.54) is 5.56 Å². The molecule has 0 atom stereocenters. The number of likely N-dealkylation sites (tertiary alicyclic amines) is 1. The van der Waals surface area contributed by atoms with Crippen molar-refractivity contribution in [2.75, 3.05) is 6.54 Å². The van der Waals surface area contributed by atoms with Gasteiger partial charge in [-0.25, -0.2) is 4.98 Å². The van der Waals surface area contributed by atoms with E-state index in [0.29, 0.717) is 28.7 Å². The average Bonchev–Trinajstić information content (AvgIpc) is 3.14. The minimum atomic E-state index is 0.179. The maximum absolute atomic E-state index is 12.1. The Morgan fingerprint density at radius 3 is 2.64 bits per heavy atom. The zero-order valence-corrected chi connectivity index (χ0v) is 15.3. The molecule has 3 heterocycles. The van der Waals surface area contributed by atoms with Crippen LogP contribution in [0.2, 0.25) is 10.0 Å². The molecular formula is C19H17Cl2N3O. The quantitative estimate of drug-likeness (QED) is 0.664. The highest BCUT2D eigenvalue weighted by Gasteiger charge is 2.24. The first-order valence-electron chi connectivity index (χ1n) is 8.24. The van der Waals surface area contributed by atoms with Crippen LogP contribution in [0.5, 0.6) is 0 Å². The van der Waals surface area contributed by atoms with Gasteiger partial charge in [-0.1, -0.05) is 53.0 Å². The molecule has 0 radical (unpaired) electrons. The van der Waals surface area contributed by atoms with E-state index in [1.54, 1.807) is 6.07 Å². The van der Waals surface area contributed by atoms with Crippen molar-refractivity contribution in [3.8, 4) is 11.3 Å². The number of pyridine rings is 1. The van der Waals surface area contributed by atoms with Gasteiger partial charge < -0.3 is 4.90 Å². The minimum absolute atomic E-state index is 0.179. The predicted octanol–water partition coefficient (Wildman–Crippen LogP) is 4.74. The van der Waals surface area contributed by atoms with E-state index in [2.05, 4.69) is 12.1 Å². The molecule has 1 aromatic carbocycles. The monoisotopic (exact) mass is 373 g/mol. The summed E-state index contributed by atoms with van der Waals surface area (Å²) in [7, 11) is 0. The summed E-state index contributed by atoms with van der Waals surface area (Å²) in [6.45, 7) is 3.32. The van der Waals surface area contributed by atoms with Gasteiger partial charge in [0.1, 0.15) is 0 Å². The van der Waals surface area contributed by atoms with Crippen LogP contribution in [0.25, 0.3) is 16.9 Å². The molecule has 0 unspecified atom stereocenters. The Hall–Kier alpha value is -2.04. The Kier molecular flexibility index (Phi) is 4.18. The van der Waals surface area contributed by atoms with Gasteiger partial charge in [0.25, 0.3) is 0 Å². The molecule has 2 aromatic heterocycles. The van der Waals surface area contributed by atoms with Gasteiger partial charge in [-0.15, -0.1) is 0 Å². The molecule has 3 aromatic rings. The molecule has 25 heavy (non-hydrogen) atoms. The van der Waals surface area contributed by atoms with Crippen LogP contribution in [-0.2, 0) is 11.3 Å². The highest BCUT2D eigenvalue weighted by Crippen LogP contribution is 2.31. The zero-order valence-electron chi connectivity index (χ0n) is 13.8.